The lowest BCUT2D eigenvalue weighted by Gasteiger charge is -2.19. The summed E-state index contributed by atoms with van der Waals surface area (Å²) < 4.78 is 0. The Morgan fingerprint density at radius 2 is 2.04 bits per heavy atom. The van der Waals surface area contributed by atoms with E-state index in [1.165, 1.54) is 0 Å². The van der Waals surface area contributed by atoms with Gasteiger partial charge >= 0.3 is 0 Å². The molecule has 0 spiro atoms. The van der Waals surface area contributed by atoms with Gasteiger partial charge in [0.2, 0.25) is 17.7 Å². The standard InChI is InChI=1S/C15H19N5O3/c1-8-6-13(22)19-20-14(8)9-2-4-10(5-3-9)18-15(23)11(16)7-12(17)21/h2-5,8,11H,6-7,16H2,1H3,(H2,17,21)(H,18,23)(H,19,22)/t8?,11-/m1/s1. The average Bonchev–Trinajstić information content (AvgIpc) is 2.47. The largest absolute Gasteiger partial charge is 0.370 e. The zero-order valence-corrected chi connectivity index (χ0v) is 12.7. The van der Waals surface area contributed by atoms with Crippen molar-refractivity contribution in [3.8, 4) is 0 Å². The maximum atomic E-state index is 11.8. The topological polar surface area (TPSA) is 140 Å². The summed E-state index contributed by atoms with van der Waals surface area (Å²) in [5, 5.41) is 6.69. The third-order valence-corrected chi connectivity index (χ3v) is 3.47. The fourth-order valence-corrected chi connectivity index (χ4v) is 2.27. The Morgan fingerprint density at radius 3 is 2.61 bits per heavy atom. The number of benzene rings is 1. The second-order valence-electron chi connectivity index (χ2n) is 5.48. The second-order valence-corrected chi connectivity index (χ2v) is 5.48. The van der Waals surface area contributed by atoms with Gasteiger partial charge in [-0.05, 0) is 17.7 Å². The summed E-state index contributed by atoms with van der Waals surface area (Å²) in [6.07, 6.45) is 0.178. The van der Waals surface area contributed by atoms with Crippen molar-refractivity contribution in [2.24, 2.45) is 22.5 Å². The molecule has 1 aromatic rings. The molecule has 1 heterocycles. The van der Waals surface area contributed by atoms with Crippen molar-refractivity contribution in [3.63, 3.8) is 0 Å². The van der Waals surface area contributed by atoms with Gasteiger partial charge in [-0.2, -0.15) is 5.10 Å². The Morgan fingerprint density at radius 1 is 1.39 bits per heavy atom. The van der Waals surface area contributed by atoms with Crippen molar-refractivity contribution in [2.75, 3.05) is 5.32 Å². The van der Waals surface area contributed by atoms with Gasteiger partial charge in [0.15, 0.2) is 0 Å². The van der Waals surface area contributed by atoms with E-state index in [0.717, 1.165) is 11.3 Å². The molecule has 0 bridgehead atoms. The van der Waals surface area contributed by atoms with Crippen LogP contribution in [0, 0.1) is 5.92 Å². The minimum absolute atomic E-state index is 0.0215. The number of anilines is 1. The third kappa shape index (κ3) is 4.36. The Labute approximate surface area is 133 Å². The lowest BCUT2D eigenvalue weighted by molar-refractivity contribution is -0.123. The normalized spacial score (nSPS) is 18.6. The Bertz CT molecular complexity index is 654. The van der Waals surface area contributed by atoms with Crippen LogP contribution in [-0.2, 0) is 14.4 Å². The molecule has 8 heteroatoms. The molecule has 2 rings (SSSR count). The van der Waals surface area contributed by atoms with Crippen LogP contribution in [0.25, 0.3) is 0 Å². The zero-order chi connectivity index (χ0) is 17.0. The van der Waals surface area contributed by atoms with Crippen LogP contribution in [0.3, 0.4) is 0 Å². The van der Waals surface area contributed by atoms with E-state index in [2.05, 4.69) is 15.8 Å². The molecule has 0 radical (unpaired) electrons. The lowest BCUT2D eigenvalue weighted by Crippen LogP contribution is -2.39. The van der Waals surface area contributed by atoms with Gasteiger partial charge in [-0.25, -0.2) is 5.43 Å². The van der Waals surface area contributed by atoms with Gasteiger partial charge < -0.3 is 16.8 Å². The summed E-state index contributed by atoms with van der Waals surface area (Å²) in [5.41, 5.74) is 15.2. The highest BCUT2D eigenvalue weighted by atomic mass is 16.2. The summed E-state index contributed by atoms with van der Waals surface area (Å²) >= 11 is 0. The number of hydrazone groups is 1. The van der Waals surface area contributed by atoms with Gasteiger partial charge in [0.1, 0.15) is 0 Å². The number of hydrogen-bond acceptors (Lipinski definition) is 5. The van der Waals surface area contributed by atoms with E-state index >= 15 is 0 Å². The predicted octanol–water partition coefficient (Wildman–Crippen LogP) is -0.312. The van der Waals surface area contributed by atoms with Gasteiger partial charge in [-0.1, -0.05) is 19.1 Å². The van der Waals surface area contributed by atoms with E-state index in [0.29, 0.717) is 12.1 Å². The van der Waals surface area contributed by atoms with Crippen LogP contribution in [0.2, 0.25) is 0 Å². The number of rotatable bonds is 5. The Balaban J connectivity index is 2.04. The van der Waals surface area contributed by atoms with Crippen LogP contribution in [0.5, 0.6) is 0 Å². The van der Waals surface area contributed by atoms with E-state index in [1.54, 1.807) is 24.3 Å². The molecule has 1 aromatic carbocycles. The molecule has 2 atom stereocenters. The first-order valence-electron chi connectivity index (χ1n) is 7.18. The SMILES string of the molecule is CC1CC(=O)NN=C1c1ccc(NC(=O)[C@H](N)CC(N)=O)cc1. The van der Waals surface area contributed by atoms with Gasteiger partial charge in [0.25, 0.3) is 0 Å². The summed E-state index contributed by atoms with van der Waals surface area (Å²) in [5.74, 6) is -1.19. The fraction of sp³-hybridized carbons (Fsp3) is 0.333. The molecule has 1 unspecified atom stereocenters. The monoisotopic (exact) mass is 317 g/mol. The second kappa shape index (κ2) is 7.01. The molecule has 0 saturated heterocycles. The molecule has 122 valence electrons. The van der Waals surface area contributed by atoms with E-state index in [9.17, 15) is 14.4 Å². The molecule has 0 aliphatic carbocycles. The quantitative estimate of drug-likeness (QED) is 0.591. The maximum Gasteiger partial charge on any atom is 0.241 e. The molecule has 1 aliphatic rings. The molecular formula is C15H19N5O3. The first-order chi connectivity index (χ1) is 10.9. The highest BCUT2D eigenvalue weighted by molar-refractivity contribution is 6.06. The average molecular weight is 317 g/mol. The van der Waals surface area contributed by atoms with Crippen LogP contribution >= 0.6 is 0 Å². The Hall–Kier alpha value is -2.74. The molecule has 0 aromatic heterocycles. The van der Waals surface area contributed by atoms with E-state index in [-0.39, 0.29) is 18.2 Å². The van der Waals surface area contributed by atoms with E-state index in [4.69, 9.17) is 11.5 Å². The predicted molar refractivity (Wildman–Crippen MR) is 85.3 cm³/mol. The Kier molecular flexibility index (Phi) is 5.07. The smallest absolute Gasteiger partial charge is 0.241 e. The minimum atomic E-state index is -0.981. The van der Waals surface area contributed by atoms with Crippen LogP contribution in [0.15, 0.2) is 29.4 Å². The van der Waals surface area contributed by atoms with Crippen molar-refractivity contribution in [1.29, 1.82) is 0 Å². The number of nitrogens with one attached hydrogen (secondary N) is 2. The van der Waals surface area contributed by atoms with Crippen molar-refractivity contribution in [3.05, 3.63) is 29.8 Å². The molecule has 6 N–H and O–H groups in total. The van der Waals surface area contributed by atoms with Gasteiger partial charge in [-0.15, -0.1) is 0 Å². The fourth-order valence-electron chi connectivity index (χ4n) is 2.27. The summed E-state index contributed by atoms with van der Waals surface area (Å²) in [6.45, 7) is 1.93. The first-order valence-corrected chi connectivity index (χ1v) is 7.18. The number of hydrogen-bond donors (Lipinski definition) is 4. The lowest BCUT2D eigenvalue weighted by atomic mass is 9.94. The van der Waals surface area contributed by atoms with E-state index < -0.39 is 17.9 Å². The van der Waals surface area contributed by atoms with Gasteiger partial charge in [0.05, 0.1) is 18.2 Å². The number of amides is 3. The van der Waals surface area contributed by atoms with E-state index in [1.807, 2.05) is 6.92 Å². The molecule has 8 nitrogen and oxygen atoms in total. The number of primary amides is 1. The summed E-state index contributed by atoms with van der Waals surface area (Å²) in [4.78, 5) is 33.8. The molecule has 1 aliphatic heterocycles. The van der Waals surface area contributed by atoms with Crippen LogP contribution in [-0.4, -0.2) is 29.5 Å². The highest BCUT2D eigenvalue weighted by Gasteiger charge is 2.21. The van der Waals surface area contributed by atoms with Crippen LogP contribution in [0.4, 0.5) is 5.69 Å². The van der Waals surface area contributed by atoms with Gasteiger partial charge in [-0.3, -0.25) is 14.4 Å². The molecule has 0 fully saturated rings. The molecule has 0 saturated carbocycles. The summed E-state index contributed by atoms with van der Waals surface area (Å²) in [7, 11) is 0. The van der Waals surface area contributed by atoms with Crippen LogP contribution < -0.4 is 22.2 Å². The summed E-state index contributed by atoms with van der Waals surface area (Å²) in [6, 6.07) is 6.01. The number of nitrogens with zero attached hydrogens (tertiary/aromatic N) is 1. The zero-order valence-electron chi connectivity index (χ0n) is 12.7. The molecule has 3 amide bonds. The van der Waals surface area contributed by atoms with Crippen molar-refractivity contribution >= 4 is 29.1 Å². The minimum Gasteiger partial charge on any atom is -0.370 e. The van der Waals surface area contributed by atoms with Crippen molar-refractivity contribution in [1.82, 2.24) is 5.43 Å². The highest BCUT2D eigenvalue weighted by Crippen LogP contribution is 2.18. The number of carbonyl (C=O) groups excluding carboxylic acids is 3. The number of nitrogens with two attached hydrogens (primary N) is 2. The molecular weight excluding hydrogens is 298 g/mol. The van der Waals surface area contributed by atoms with Crippen molar-refractivity contribution < 1.29 is 14.4 Å². The number of carbonyl (C=O) groups is 3. The van der Waals surface area contributed by atoms with Crippen LogP contribution in [0.1, 0.15) is 25.3 Å². The third-order valence-electron chi connectivity index (χ3n) is 3.47. The first kappa shape index (κ1) is 16.6. The van der Waals surface area contributed by atoms with Crippen molar-refractivity contribution in [2.45, 2.75) is 25.8 Å². The molecule has 23 heavy (non-hydrogen) atoms. The maximum absolute atomic E-state index is 11.8. The van der Waals surface area contributed by atoms with Gasteiger partial charge in [0, 0.05) is 18.0 Å².